The summed E-state index contributed by atoms with van der Waals surface area (Å²) in [5.74, 6) is 0.171. The van der Waals surface area contributed by atoms with E-state index in [2.05, 4.69) is 30.3 Å². The Kier molecular flexibility index (Phi) is 4.00. The third-order valence-electron chi connectivity index (χ3n) is 4.19. The Hall–Kier alpha value is -1.83. The predicted octanol–water partition coefficient (Wildman–Crippen LogP) is 3.58. The maximum atomic E-state index is 12.1. The van der Waals surface area contributed by atoms with Crippen molar-refractivity contribution in [3.63, 3.8) is 0 Å². The van der Waals surface area contributed by atoms with Gasteiger partial charge in [0.1, 0.15) is 0 Å². The van der Waals surface area contributed by atoms with Gasteiger partial charge in [0, 0.05) is 19.2 Å². The number of carbonyl (C=O) groups excluding carboxylic acids is 1. The van der Waals surface area contributed by atoms with Crippen molar-refractivity contribution in [3.8, 4) is 0 Å². The lowest BCUT2D eigenvalue weighted by atomic mass is 9.92. The van der Waals surface area contributed by atoms with Crippen LogP contribution < -0.4 is 0 Å². The van der Waals surface area contributed by atoms with Crippen molar-refractivity contribution in [2.45, 2.75) is 32.1 Å². The minimum Gasteiger partial charge on any atom is -0.339 e. The molecule has 0 N–H and O–H groups in total. The molecule has 0 bridgehead atoms. The molecule has 1 aromatic rings. The summed E-state index contributed by atoms with van der Waals surface area (Å²) >= 11 is 0. The topological polar surface area (TPSA) is 20.3 Å². The van der Waals surface area contributed by atoms with Crippen molar-refractivity contribution in [2.75, 3.05) is 13.1 Å². The standard InChI is InChI=1S/C18H21NO/c20-18(19-12-4-1-5-13-19)11-9-15-8-10-16-6-2-3-7-17(16)14-15/h2-3,6-7,9,11,14H,1,4-5,8,10,12-13H2/b11-9+. The van der Waals surface area contributed by atoms with E-state index in [-0.39, 0.29) is 5.91 Å². The maximum Gasteiger partial charge on any atom is 0.246 e. The molecule has 1 fully saturated rings. The Morgan fingerprint density at radius 1 is 1.05 bits per heavy atom. The minimum atomic E-state index is 0.171. The van der Waals surface area contributed by atoms with E-state index in [1.54, 1.807) is 6.08 Å². The lowest BCUT2D eigenvalue weighted by Crippen LogP contribution is -2.34. The molecule has 1 aromatic carbocycles. The van der Waals surface area contributed by atoms with Gasteiger partial charge >= 0.3 is 0 Å². The second-order valence-electron chi connectivity index (χ2n) is 5.64. The van der Waals surface area contributed by atoms with Crippen molar-refractivity contribution in [1.82, 2.24) is 4.90 Å². The molecule has 0 saturated carbocycles. The van der Waals surface area contributed by atoms with Crippen LogP contribution in [0.4, 0.5) is 0 Å². The molecule has 2 nitrogen and oxygen atoms in total. The molecule has 3 rings (SSSR count). The maximum absolute atomic E-state index is 12.1. The summed E-state index contributed by atoms with van der Waals surface area (Å²) in [5.41, 5.74) is 3.96. The van der Waals surface area contributed by atoms with Crippen LogP contribution in [0.2, 0.25) is 0 Å². The van der Waals surface area contributed by atoms with Crippen LogP contribution in [0.5, 0.6) is 0 Å². The first-order valence-corrected chi connectivity index (χ1v) is 7.58. The number of carbonyl (C=O) groups is 1. The zero-order valence-electron chi connectivity index (χ0n) is 11.8. The first kappa shape index (κ1) is 13.2. The van der Waals surface area contributed by atoms with Gasteiger partial charge in [-0.2, -0.15) is 0 Å². The molecule has 1 saturated heterocycles. The number of amides is 1. The van der Waals surface area contributed by atoms with Crippen molar-refractivity contribution >= 4 is 12.0 Å². The van der Waals surface area contributed by atoms with E-state index in [1.165, 1.54) is 23.1 Å². The first-order valence-electron chi connectivity index (χ1n) is 7.58. The molecular formula is C18H21NO. The zero-order chi connectivity index (χ0) is 13.8. The van der Waals surface area contributed by atoms with Gasteiger partial charge in [-0.3, -0.25) is 4.79 Å². The Bertz CT molecular complexity index is 550. The second kappa shape index (κ2) is 6.08. The Morgan fingerprint density at radius 3 is 2.70 bits per heavy atom. The number of rotatable bonds is 2. The summed E-state index contributed by atoms with van der Waals surface area (Å²) in [5, 5.41) is 0. The summed E-state index contributed by atoms with van der Waals surface area (Å²) in [6.45, 7) is 1.84. The molecule has 20 heavy (non-hydrogen) atoms. The van der Waals surface area contributed by atoms with E-state index in [0.29, 0.717) is 0 Å². The van der Waals surface area contributed by atoms with Gasteiger partial charge in [0.25, 0.3) is 0 Å². The van der Waals surface area contributed by atoms with Crippen LogP contribution >= 0.6 is 0 Å². The quantitative estimate of drug-likeness (QED) is 0.750. The number of piperidine rings is 1. The largest absolute Gasteiger partial charge is 0.339 e. The average Bonchev–Trinajstić information content (AvgIpc) is 2.53. The highest BCUT2D eigenvalue weighted by Gasteiger charge is 2.14. The molecule has 2 heteroatoms. The number of likely N-dealkylation sites (tertiary alicyclic amines) is 1. The third kappa shape index (κ3) is 3.01. The van der Waals surface area contributed by atoms with Gasteiger partial charge in [-0.15, -0.1) is 0 Å². The predicted molar refractivity (Wildman–Crippen MR) is 82.3 cm³/mol. The first-order chi connectivity index (χ1) is 9.83. The monoisotopic (exact) mass is 267 g/mol. The van der Waals surface area contributed by atoms with Crippen molar-refractivity contribution in [1.29, 1.82) is 0 Å². The van der Waals surface area contributed by atoms with Crippen molar-refractivity contribution in [2.24, 2.45) is 0 Å². The van der Waals surface area contributed by atoms with Crippen LogP contribution in [0, 0.1) is 0 Å². The number of aryl methyl sites for hydroxylation is 1. The Labute approximate surface area is 120 Å². The van der Waals surface area contributed by atoms with Gasteiger partial charge in [-0.1, -0.05) is 36.4 Å². The molecule has 104 valence electrons. The van der Waals surface area contributed by atoms with E-state index < -0.39 is 0 Å². The molecule has 0 atom stereocenters. The van der Waals surface area contributed by atoms with E-state index in [1.807, 2.05) is 11.0 Å². The number of benzene rings is 1. The van der Waals surface area contributed by atoms with Crippen LogP contribution in [0.25, 0.3) is 6.08 Å². The summed E-state index contributed by atoms with van der Waals surface area (Å²) in [4.78, 5) is 14.1. The van der Waals surface area contributed by atoms with Gasteiger partial charge in [0.05, 0.1) is 0 Å². The van der Waals surface area contributed by atoms with Crippen LogP contribution in [0.15, 0.2) is 42.0 Å². The average molecular weight is 267 g/mol. The summed E-state index contributed by atoms with van der Waals surface area (Å²) < 4.78 is 0. The van der Waals surface area contributed by atoms with Crippen LogP contribution in [-0.2, 0) is 11.2 Å². The number of hydrogen-bond donors (Lipinski definition) is 0. The van der Waals surface area contributed by atoms with Crippen LogP contribution in [0.1, 0.15) is 36.8 Å². The normalized spacial score (nSPS) is 18.8. The molecule has 1 amide bonds. The van der Waals surface area contributed by atoms with Gasteiger partial charge in [0.2, 0.25) is 5.91 Å². The number of fused-ring (bicyclic) bond motifs is 1. The number of allylic oxidation sites excluding steroid dienone is 2. The number of nitrogens with zero attached hydrogens (tertiary/aromatic N) is 1. The summed E-state index contributed by atoms with van der Waals surface area (Å²) in [7, 11) is 0. The van der Waals surface area contributed by atoms with Crippen molar-refractivity contribution in [3.05, 3.63) is 53.1 Å². The van der Waals surface area contributed by atoms with E-state index in [4.69, 9.17) is 0 Å². The Balaban J connectivity index is 1.67. The van der Waals surface area contributed by atoms with E-state index in [9.17, 15) is 4.79 Å². The molecular weight excluding hydrogens is 246 g/mol. The van der Waals surface area contributed by atoms with Crippen LogP contribution in [-0.4, -0.2) is 23.9 Å². The molecule has 1 heterocycles. The molecule has 1 aliphatic heterocycles. The van der Waals surface area contributed by atoms with Gasteiger partial charge in [-0.05, 0) is 48.8 Å². The fraction of sp³-hybridized carbons (Fsp3) is 0.389. The van der Waals surface area contributed by atoms with Crippen LogP contribution in [0.3, 0.4) is 0 Å². The molecule has 0 radical (unpaired) electrons. The third-order valence-corrected chi connectivity index (χ3v) is 4.19. The second-order valence-corrected chi connectivity index (χ2v) is 5.64. The fourth-order valence-corrected chi connectivity index (χ4v) is 2.98. The highest BCUT2D eigenvalue weighted by atomic mass is 16.2. The van der Waals surface area contributed by atoms with Gasteiger partial charge in [-0.25, -0.2) is 0 Å². The molecule has 0 aromatic heterocycles. The van der Waals surface area contributed by atoms with Crippen molar-refractivity contribution < 1.29 is 4.79 Å². The Morgan fingerprint density at radius 2 is 1.85 bits per heavy atom. The highest BCUT2D eigenvalue weighted by Crippen LogP contribution is 2.24. The zero-order valence-corrected chi connectivity index (χ0v) is 11.8. The number of hydrogen-bond acceptors (Lipinski definition) is 1. The highest BCUT2D eigenvalue weighted by molar-refractivity contribution is 5.88. The lowest BCUT2D eigenvalue weighted by molar-refractivity contribution is -0.126. The minimum absolute atomic E-state index is 0.171. The summed E-state index contributed by atoms with van der Waals surface area (Å²) in [6, 6.07) is 8.49. The molecule has 1 aliphatic carbocycles. The summed E-state index contributed by atoms with van der Waals surface area (Å²) in [6.07, 6.45) is 11.6. The lowest BCUT2D eigenvalue weighted by Gasteiger charge is -2.25. The van der Waals surface area contributed by atoms with E-state index >= 15 is 0 Å². The molecule has 0 unspecified atom stereocenters. The molecule has 0 spiro atoms. The fourth-order valence-electron chi connectivity index (χ4n) is 2.98. The smallest absolute Gasteiger partial charge is 0.246 e. The molecule has 2 aliphatic rings. The SMILES string of the molecule is O=C(/C=C/C1=Cc2ccccc2CC1)N1CCCCC1. The van der Waals surface area contributed by atoms with Gasteiger partial charge < -0.3 is 4.90 Å². The van der Waals surface area contributed by atoms with Gasteiger partial charge in [0.15, 0.2) is 0 Å². The van der Waals surface area contributed by atoms with E-state index in [0.717, 1.165) is 38.8 Å².